The number of hydrogen-bond acceptors (Lipinski definition) is 5. The summed E-state index contributed by atoms with van der Waals surface area (Å²) >= 11 is 0. The van der Waals surface area contributed by atoms with E-state index in [-0.39, 0.29) is 24.3 Å². The smallest absolute Gasteiger partial charge is 0.274 e. The number of benzene rings is 1. The Morgan fingerprint density at radius 2 is 1.96 bits per heavy atom. The first-order valence-corrected chi connectivity index (χ1v) is 8.03. The molecule has 124 valence electrons. The van der Waals surface area contributed by atoms with Crippen molar-refractivity contribution in [1.29, 1.82) is 0 Å². The molecule has 3 atom stereocenters. The van der Waals surface area contributed by atoms with Gasteiger partial charge in [-0.1, -0.05) is 18.2 Å². The van der Waals surface area contributed by atoms with Gasteiger partial charge < -0.3 is 9.84 Å². The predicted octanol–water partition coefficient (Wildman–Crippen LogP) is 0.867. The third kappa shape index (κ3) is 3.77. The first-order chi connectivity index (χ1) is 11.0. The van der Waals surface area contributed by atoms with Gasteiger partial charge in [0.2, 0.25) is 0 Å². The van der Waals surface area contributed by atoms with Crippen molar-refractivity contribution in [1.82, 2.24) is 14.7 Å². The molecule has 1 aliphatic heterocycles. The van der Waals surface area contributed by atoms with E-state index in [2.05, 4.69) is 10.00 Å². The Hall–Kier alpha value is -1.76. The standard InChI is InChI=1S/C17H23N3O3/c1-12-8-19(9-13(2)23-12)10-15(21)11-20-17(22)16-6-4-3-5-14(16)7-18-20/h3-7,12-13,15,21H,8-11H2,1-2H3/t12-,13+,15-/m0/s1. The van der Waals surface area contributed by atoms with Crippen LogP contribution < -0.4 is 5.56 Å². The number of aromatic nitrogens is 2. The molecule has 1 saturated heterocycles. The second-order valence-corrected chi connectivity index (χ2v) is 6.35. The largest absolute Gasteiger partial charge is 0.390 e. The number of ether oxygens (including phenoxy) is 1. The molecule has 1 N–H and O–H groups in total. The van der Waals surface area contributed by atoms with Crippen LogP contribution in [0.25, 0.3) is 10.8 Å². The summed E-state index contributed by atoms with van der Waals surface area (Å²) in [4.78, 5) is 14.6. The zero-order valence-corrected chi connectivity index (χ0v) is 13.6. The number of nitrogens with zero attached hydrogens (tertiary/aromatic N) is 3. The van der Waals surface area contributed by atoms with Crippen LogP contribution in [0.15, 0.2) is 35.3 Å². The van der Waals surface area contributed by atoms with Crippen LogP contribution >= 0.6 is 0 Å². The lowest BCUT2D eigenvalue weighted by Gasteiger charge is -2.36. The van der Waals surface area contributed by atoms with Crippen LogP contribution in [0.4, 0.5) is 0 Å². The van der Waals surface area contributed by atoms with Crippen LogP contribution in [0.3, 0.4) is 0 Å². The number of β-amino-alcohol motifs (C(OH)–C–C–N with tert-alkyl or cyclic N) is 1. The lowest BCUT2D eigenvalue weighted by molar-refractivity contribution is -0.0774. The molecule has 2 heterocycles. The predicted molar refractivity (Wildman–Crippen MR) is 88.5 cm³/mol. The highest BCUT2D eigenvalue weighted by atomic mass is 16.5. The molecule has 6 heteroatoms. The van der Waals surface area contributed by atoms with Crippen molar-refractivity contribution in [2.24, 2.45) is 0 Å². The van der Waals surface area contributed by atoms with Crippen LogP contribution in [-0.2, 0) is 11.3 Å². The zero-order valence-electron chi connectivity index (χ0n) is 13.6. The van der Waals surface area contributed by atoms with E-state index < -0.39 is 6.10 Å². The molecule has 1 aliphatic rings. The Kier molecular flexibility index (Phi) is 4.75. The van der Waals surface area contributed by atoms with E-state index in [1.165, 1.54) is 4.68 Å². The average molecular weight is 317 g/mol. The minimum absolute atomic E-state index is 0.160. The van der Waals surface area contributed by atoms with Crippen molar-refractivity contribution in [3.05, 3.63) is 40.8 Å². The molecule has 23 heavy (non-hydrogen) atoms. The molecule has 0 unspecified atom stereocenters. The van der Waals surface area contributed by atoms with E-state index >= 15 is 0 Å². The van der Waals surface area contributed by atoms with Crippen LogP contribution in [0, 0.1) is 0 Å². The molecule has 0 spiro atoms. The van der Waals surface area contributed by atoms with E-state index in [1.807, 2.05) is 32.0 Å². The summed E-state index contributed by atoms with van der Waals surface area (Å²) in [7, 11) is 0. The number of aliphatic hydroxyl groups excluding tert-OH is 1. The topological polar surface area (TPSA) is 67.6 Å². The van der Waals surface area contributed by atoms with E-state index in [1.54, 1.807) is 12.3 Å². The van der Waals surface area contributed by atoms with Gasteiger partial charge in [-0.15, -0.1) is 0 Å². The molecule has 1 fully saturated rings. The van der Waals surface area contributed by atoms with Crippen molar-refractivity contribution in [2.75, 3.05) is 19.6 Å². The second-order valence-electron chi connectivity index (χ2n) is 6.35. The third-order valence-corrected chi connectivity index (χ3v) is 4.11. The SMILES string of the molecule is C[C@@H]1CN(C[C@H](O)Cn2ncc3ccccc3c2=O)C[C@H](C)O1. The highest BCUT2D eigenvalue weighted by Crippen LogP contribution is 2.11. The fourth-order valence-corrected chi connectivity index (χ4v) is 3.25. The molecule has 1 aromatic heterocycles. The maximum Gasteiger partial charge on any atom is 0.274 e. The van der Waals surface area contributed by atoms with E-state index in [9.17, 15) is 9.90 Å². The molecule has 0 aliphatic carbocycles. The number of aliphatic hydroxyl groups is 1. The average Bonchev–Trinajstić information content (AvgIpc) is 2.49. The van der Waals surface area contributed by atoms with Gasteiger partial charge in [-0.2, -0.15) is 5.10 Å². The fraction of sp³-hybridized carbons (Fsp3) is 0.529. The number of rotatable bonds is 4. The van der Waals surface area contributed by atoms with Crippen molar-refractivity contribution in [3.63, 3.8) is 0 Å². The fourth-order valence-electron chi connectivity index (χ4n) is 3.25. The Morgan fingerprint density at radius 1 is 1.26 bits per heavy atom. The summed E-state index contributed by atoms with van der Waals surface area (Å²) in [6, 6.07) is 7.36. The molecule has 6 nitrogen and oxygen atoms in total. The van der Waals surface area contributed by atoms with Crippen LogP contribution in [0.1, 0.15) is 13.8 Å². The molecule has 3 rings (SSSR count). The number of morpholine rings is 1. The quantitative estimate of drug-likeness (QED) is 0.906. The number of hydrogen-bond donors (Lipinski definition) is 1. The first-order valence-electron chi connectivity index (χ1n) is 8.03. The van der Waals surface area contributed by atoms with Crippen molar-refractivity contribution < 1.29 is 9.84 Å². The monoisotopic (exact) mass is 317 g/mol. The van der Waals surface area contributed by atoms with Gasteiger partial charge in [0.15, 0.2) is 0 Å². The van der Waals surface area contributed by atoms with Crippen LogP contribution in [-0.4, -0.2) is 57.7 Å². The van der Waals surface area contributed by atoms with Gasteiger partial charge >= 0.3 is 0 Å². The minimum atomic E-state index is -0.640. The van der Waals surface area contributed by atoms with Crippen molar-refractivity contribution >= 4 is 10.8 Å². The molecule has 0 saturated carbocycles. The Balaban J connectivity index is 1.69. The third-order valence-electron chi connectivity index (χ3n) is 4.11. The summed E-state index contributed by atoms with van der Waals surface area (Å²) in [5.74, 6) is 0. The molecule has 0 bridgehead atoms. The molecule has 1 aromatic carbocycles. The van der Waals surface area contributed by atoms with Crippen molar-refractivity contribution in [2.45, 2.75) is 38.7 Å². The summed E-state index contributed by atoms with van der Waals surface area (Å²) in [5.41, 5.74) is -0.161. The van der Waals surface area contributed by atoms with Gasteiger partial charge in [0.05, 0.1) is 36.4 Å². The highest BCUT2D eigenvalue weighted by molar-refractivity contribution is 5.80. The Morgan fingerprint density at radius 3 is 2.70 bits per heavy atom. The van der Waals surface area contributed by atoms with Gasteiger partial charge in [-0.25, -0.2) is 4.68 Å². The summed E-state index contributed by atoms with van der Waals surface area (Å²) < 4.78 is 7.04. The Bertz CT molecular complexity index is 720. The maximum absolute atomic E-state index is 12.4. The molecule has 2 aromatic rings. The van der Waals surface area contributed by atoms with E-state index in [0.717, 1.165) is 18.5 Å². The van der Waals surface area contributed by atoms with Gasteiger partial charge in [-0.3, -0.25) is 9.69 Å². The molecule has 0 radical (unpaired) electrons. The van der Waals surface area contributed by atoms with Gasteiger partial charge in [-0.05, 0) is 19.9 Å². The lowest BCUT2D eigenvalue weighted by atomic mass is 10.2. The summed E-state index contributed by atoms with van der Waals surface area (Å²) in [5, 5.41) is 16.0. The Labute approximate surface area is 135 Å². The van der Waals surface area contributed by atoms with Gasteiger partial charge in [0, 0.05) is 25.0 Å². The summed E-state index contributed by atoms with van der Waals surface area (Å²) in [6.45, 7) is 6.36. The minimum Gasteiger partial charge on any atom is -0.390 e. The summed E-state index contributed by atoms with van der Waals surface area (Å²) in [6.07, 6.45) is 1.35. The molecular weight excluding hydrogens is 294 g/mol. The maximum atomic E-state index is 12.4. The molecule has 0 amide bonds. The zero-order chi connectivity index (χ0) is 16.4. The van der Waals surface area contributed by atoms with Crippen molar-refractivity contribution in [3.8, 4) is 0 Å². The second kappa shape index (κ2) is 6.78. The van der Waals surface area contributed by atoms with Crippen LogP contribution in [0.2, 0.25) is 0 Å². The van der Waals surface area contributed by atoms with Gasteiger partial charge in [0.25, 0.3) is 5.56 Å². The number of fused-ring (bicyclic) bond motifs is 1. The molecular formula is C17H23N3O3. The lowest BCUT2D eigenvalue weighted by Crippen LogP contribution is -2.48. The normalized spacial score (nSPS) is 24.0. The first kappa shape index (κ1) is 16.1. The van der Waals surface area contributed by atoms with E-state index in [4.69, 9.17) is 4.74 Å². The van der Waals surface area contributed by atoms with Crippen LogP contribution in [0.5, 0.6) is 0 Å². The van der Waals surface area contributed by atoms with E-state index in [0.29, 0.717) is 11.9 Å². The van der Waals surface area contributed by atoms with Gasteiger partial charge in [0.1, 0.15) is 0 Å². The highest BCUT2D eigenvalue weighted by Gasteiger charge is 2.24.